The lowest BCUT2D eigenvalue weighted by Crippen LogP contribution is -2.28. The molecule has 134 valence electrons. The van der Waals surface area contributed by atoms with Gasteiger partial charge < -0.3 is 15.0 Å². The highest BCUT2D eigenvalue weighted by atomic mass is 79.9. The van der Waals surface area contributed by atoms with Crippen molar-refractivity contribution in [3.8, 4) is 0 Å². The lowest BCUT2D eigenvalue weighted by atomic mass is 10.1. The maximum absolute atomic E-state index is 12.6. The molecule has 0 aliphatic carbocycles. The molecule has 2 aliphatic heterocycles. The molecule has 4 rings (SSSR count). The molecule has 6 nitrogen and oxygen atoms in total. The molecule has 1 N–H and O–H groups in total. The summed E-state index contributed by atoms with van der Waals surface area (Å²) < 4.78 is 6.34. The number of benzene rings is 1. The Morgan fingerprint density at radius 3 is 3.08 bits per heavy atom. The van der Waals surface area contributed by atoms with Gasteiger partial charge in [0.05, 0.1) is 31.0 Å². The first-order valence-electron chi connectivity index (χ1n) is 8.52. The van der Waals surface area contributed by atoms with Crippen LogP contribution in [0.4, 0.5) is 11.4 Å². The molecule has 3 heterocycles. The fraction of sp³-hybridized carbons (Fsp3) is 0.316. The maximum atomic E-state index is 12.6. The lowest BCUT2D eigenvalue weighted by Gasteiger charge is -2.18. The third-order valence-electron chi connectivity index (χ3n) is 4.68. The second-order valence-corrected chi connectivity index (χ2v) is 7.42. The van der Waals surface area contributed by atoms with Crippen LogP contribution >= 0.6 is 15.9 Å². The average Bonchev–Trinajstić information content (AvgIpc) is 3.03. The molecular weight excluding hydrogens is 398 g/mol. The molecule has 1 aromatic carbocycles. The molecule has 1 saturated heterocycles. The molecule has 1 unspecified atom stereocenters. The zero-order chi connectivity index (χ0) is 18.1. The summed E-state index contributed by atoms with van der Waals surface area (Å²) in [5.41, 5.74) is 3.47. The van der Waals surface area contributed by atoms with E-state index in [0.717, 1.165) is 27.8 Å². The summed E-state index contributed by atoms with van der Waals surface area (Å²) in [5, 5.41) is 2.89. The molecule has 2 aromatic rings. The van der Waals surface area contributed by atoms with Crippen LogP contribution in [0.1, 0.15) is 17.7 Å². The zero-order valence-electron chi connectivity index (χ0n) is 14.1. The number of halogens is 1. The van der Waals surface area contributed by atoms with Crippen LogP contribution in [-0.4, -0.2) is 29.9 Å². The highest BCUT2D eigenvalue weighted by molar-refractivity contribution is 9.10. The van der Waals surface area contributed by atoms with E-state index >= 15 is 0 Å². The van der Waals surface area contributed by atoms with Gasteiger partial charge in [0.15, 0.2) is 0 Å². The topological polar surface area (TPSA) is 71.5 Å². The van der Waals surface area contributed by atoms with Crippen molar-refractivity contribution < 1.29 is 14.3 Å². The predicted molar refractivity (Wildman–Crippen MR) is 101 cm³/mol. The molecule has 7 heteroatoms. The van der Waals surface area contributed by atoms with Gasteiger partial charge in [-0.25, -0.2) is 0 Å². The summed E-state index contributed by atoms with van der Waals surface area (Å²) in [5.74, 6) is -0.580. The fourth-order valence-corrected chi connectivity index (χ4v) is 3.72. The van der Waals surface area contributed by atoms with Crippen LogP contribution in [-0.2, 0) is 27.4 Å². The van der Waals surface area contributed by atoms with Gasteiger partial charge in [-0.1, -0.05) is 22.0 Å². The van der Waals surface area contributed by atoms with Crippen LogP contribution < -0.4 is 10.2 Å². The van der Waals surface area contributed by atoms with Crippen LogP contribution in [0.5, 0.6) is 0 Å². The minimum Gasteiger partial charge on any atom is -0.376 e. The number of anilines is 2. The van der Waals surface area contributed by atoms with Crippen LogP contribution in [0.15, 0.2) is 41.0 Å². The first-order valence-corrected chi connectivity index (χ1v) is 9.32. The number of carbonyl (C=O) groups excluding carboxylic acids is 2. The van der Waals surface area contributed by atoms with Crippen molar-refractivity contribution in [2.45, 2.75) is 19.4 Å². The smallest absolute Gasteiger partial charge is 0.229 e. The third-order valence-corrected chi connectivity index (χ3v) is 5.18. The normalized spacial score (nSPS) is 19.3. The van der Waals surface area contributed by atoms with Crippen molar-refractivity contribution in [2.24, 2.45) is 5.92 Å². The zero-order valence-corrected chi connectivity index (χ0v) is 15.7. The highest BCUT2D eigenvalue weighted by Crippen LogP contribution is 2.28. The van der Waals surface area contributed by atoms with E-state index in [0.29, 0.717) is 25.4 Å². The Kier molecular flexibility index (Phi) is 4.74. The second-order valence-electron chi connectivity index (χ2n) is 6.51. The van der Waals surface area contributed by atoms with Crippen molar-refractivity contribution in [1.29, 1.82) is 0 Å². The van der Waals surface area contributed by atoms with E-state index in [9.17, 15) is 9.59 Å². The van der Waals surface area contributed by atoms with E-state index < -0.39 is 0 Å². The molecular formula is C19H18BrN3O3. The summed E-state index contributed by atoms with van der Waals surface area (Å²) in [6, 6.07) is 9.44. The van der Waals surface area contributed by atoms with Crippen LogP contribution in [0.25, 0.3) is 0 Å². The van der Waals surface area contributed by atoms with Gasteiger partial charge in [0.2, 0.25) is 11.8 Å². The molecule has 26 heavy (non-hydrogen) atoms. The van der Waals surface area contributed by atoms with Gasteiger partial charge >= 0.3 is 0 Å². The summed E-state index contributed by atoms with van der Waals surface area (Å²) >= 11 is 3.41. The summed E-state index contributed by atoms with van der Waals surface area (Å²) in [4.78, 5) is 31.0. The first kappa shape index (κ1) is 17.2. The van der Waals surface area contributed by atoms with Gasteiger partial charge in [-0.15, -0.1) is 0 Å². The fourth-order valence-electron chi connectivity index (χ4n) is 3.33. The average molecular weight is 416 g/mol. The summed E-state index contributed by atoms with van der Waals surface area (Å²) in [6.07, 6.45) is 2.67. The number of amides is 2. The van der Waals surface area contributed by atoms with E-state index in [1.807, 2.05) is 30.3 Å². The number of nitrogens with one attached hydrogen (secondary N) is 1. The minimum atomic E-state index is -0.381. The molecule has 0 spiro atoms. The van der Waals surface area contributed by atoms with Gasteiger partial charge in [0.1, 0.15) is 0 Å². The van der Waals surface area contributed by atoms with E-state index in [1.54, 1.807) is 11.1 Å². The van der Waals surface area contributed by atoms with Crippen molar-refractivity contribution in [3.63, 3.8) is 0 Å². The summed E-state index contributed by atoms with van der Waals surface area (Å²) in [7, 11) is 0. The van der Waals surface area contributed by atoms with Crippen molar-refractivity contribution in [1.82, 2.24) is 4.98 Å². The molecule has 1 aromatic heterocycles. The number of rotatable bonds is 3. The molecule has 0 bridgehead atoms. The summed E-state index contributed by atoms with van der Waals surface area (Å²) in [6.45, 7) is 1.58. The number of aromatic nitrogens is 1. The van der Waals surface area contributed by atoms with Crippen molar-refractivity contribution >= 4 is 39.1 Å². The monoisotopic (exact) mass is 415 g/mol. The highest BCUT2D eigenvalue weighted by Gasteiger charge is 2.35. The first-order chi connectivity index (χ1) is 12.6. The Labute approximate surface area is 159 Å². The lowest BCUT2D eigenvalue weighted by molar-refractivity contribution is -0.122. The van der Waals surface area contributed by atoms with Crippen LogP contribution in [0, 0.1) is 5.92 Å². The molecule has 0 saturated carbocycles. The standard InChI is InChI=1S/C19H18BrN3O3/c20-14-2-1-3-16(8-14)23-10-12(7-18(23)24)19(25)22-15-6-13-11-26-5-4-17(13)21-9-15/h1-3,6,8-9,12H,4-5,7,10-11H2,(H,22,25). The van der Waals surface area contributed by atoms with E-state index in [4.69, 9.17) is 4.74 Å². The Morgan fingerprint density at radius 2 is 2.23 bits per heavy atom. The van der Waals surface area contributed by atoms with Gasteiger partial charge in [0, 0.05) is 40.8 Å². The van der Waals surface area contributed by atoms with Gasteiger partial charge in [-0.05, 0) is 24.3 Å². The maximum Gasteiger partial charge on any atom is 0.229 e. The third kappa shape index (κ3) is 3.50. The van der Waals surface area contributed by atoms with E-state index in [1.165, 1.54) is 0 Å². The van der Waals surface area contributed by atoms with Crippen LogP contribution in [0.2, 0.25) is 0 Å². The number of ether oxygens (including phenoxy) is 1. The Balaban J connectivity index is 1.45. The molecule has 1 atom stereocenters. The molecule has 2 amide bonds. The number of nitrogens with zero attached hydrogens (tertiary/aromatic N) is 2. The molecule has 1 fully saturated rings. The Bertz CT molecular complexity index is 871. The predicted octanol–water partition coefficient (Wildman–Crippen LogP) is 2.91. The van der Waals surface area contributed by atoms with Crippen LogP contribution in [0.3, 0.4) is 0 Å². The van der Waals surface area contributed by atoms with E-state index in [-0.39, 0.29) is 24.2 Å². The molecule has 2 aliphatic rings. The van der Waals surface area contributed by atoms with Gasteiger partial charge in [-0.2, -0.15) is 0 Å². The minimum absolute atomic E-state index is 0.0415. The SMILES string of the molecule is O=C(Nc1cnc2c(c1)COCC2)C1CC(=O)N(c2cccc(Br)c2)C1. The van der Waals surface area contributed by atoms with Crippen molar-refractivity contribution in [2.75, 3.05) is 23.4 Å². The Morgan fingerprint density at radius 1 is 1.35 bits per heavy atom. The van der Waals surface area contributed by atoms with Gasteiger partial charge in [-0.3, -0.25) is 14.6 Å². The van der Waals surface area contributed by atoms with Gasteiger partial charge in [0.25, 0.3) is 0 Å². The molecule has 0 radical (unpaired) electrons. The Hall–Kier alpha value is -2.25. The largest absolute Gasteiger partial charge is 0.376 e. The second kappa shape index (κ2) is 7.17. The van der Waals surface area contributed by atoms with Crippen molar-refractivity contribution in [3.05, 3.63) is 52.3 Å². The number of hydrogen-bond donors (Lipinski definition) is 1. The number of fused-ring (bicyclic) bond motifs is 1. The quantitative estimate of drug-likeness (QED) is 0.836. The number of pyridine rings is 1. The number of hydrogen-bond acceptors (Lipinski definition) is 4. The number of carbonyl (C=O) groups is 2. The van der Waals surface area contributed by atoms with E-state index in [2.05, 4.69) is 26.2 Å².